The fraction of sp³-hybridized carbons (Fsp3) is 0.500. The summed E-state index contributed by atoms with van der Waals surface area (Å²) in [7, 11) is -6.00. The third-order valence-electron chi connectivity index (χ3n) is 0. The van der Waals surface area contributed by atoms with Crippen molar-refractivity contribution in [2.75, 3.05) is 0 Å². The van der Waals surface area contributed by atoms with Gasteiger partial charge in [-0.15, -0.1) is 0 Å². The molecule has 10 heteroatoms. The summed E-state index contributed by atoms with van der Waals surface area (Å²) in [5.41, 5.74) is 0. The summed E-state index contributed by atoms with van der Waals surface area (Å²) in [6, 6.07) is 7.00. The number of nitrogens with zero attached hydrogens (tertiary/aromatic N) is 4. The molecule has 106 valence electrons. The van der Waals surface area contributed by atoms with Crippen LogP contribution in [0.4, 0.5) is 17.3 Å². The summed E-state index contributed by atoms with van der Waals surface area (Å²) in [6.45, 7) is 5.72. The van der Waals surface area contributed by atoms with Gasteiger partial charge in [-0.3, -0.25) is 0 Å². The molecule has 0 radical (unpaired) electrons. The zero-order valence-electron chi connectivity index (χ0n) is 10.2. The average molecular weight is 359 g/mol. The van der Waals surface area contributed by atoms with Crippen molar-refractivity contribution in [1.29, 1.82) is 21.0 Å². The van der Waals surface area contributed by atoms with Crippen LogP contribution in [0.3, 0.4) is 0 Å². The van der Waals surface area contributed by atoms with Crippen LogP contribution in [0.25, 0.3) is 0 Å². The first-order chi connectivity index (χ1) is 7.66. The van der Waals surface area contributed by atoms with Gasteiger partial charge >= 0.3 is 29.6 Å². The van der Waals surface area contributed by atoms with E-state index in [2.05, 4.69) is 0 Å². The molecule has 18 heavy (non-hydrogen) atoms. The van der Waals surface area contributed by atoms with Crippen LogP contribution in [0.15, 0.2) is 0 Å². The van der Waals surface area contributed by atoms with E-state index in [4.69, 9.17) is 21.0 Å². The van der Waals surface area contributed by atoms with Gasteiger partial charge in [0.1, 0.15) is 0 Å². The Balaban J connectivity index is -0.0000000252. The van der Waals surface area contributed by atoms with E-state index in [-0.39, 0.29) is 22.4 Å². The zero-order valence-corrected chi connectivity index (χ0v) is 11.7. The molecule has 0 unspecified atom stereocenters. The number of rotatable bonds is 0. The van der Waals surface area contributed by atoms with Crippen LogP contribution in [0.5, 0.6) is 0 Å². The molecule has 0 aromatic rings. The van der Waals surface area contributed by atoms with Gasteiger partial charge in [0.25, 0.3) is 0 Å². The van der Waals surface area contributed by atoms with Crippen molar-refractivity contribution in [3.63, 3.8) is 0 Å². The van der Waals surface area contributed by atoms with Crippen LogP contribution in [0, 0.1) is 45.3 Å². The Bertz CT molecular complexity index is 228. The minimum absolute atomic E-state index is 0. The van der Waals surface area contributed by atoms with Crippen molar-refractivity contribution < 1.29 is 39.6 Å². The summed E-state index contributed by atoms with van der Waals surface area (Å²) in [4.78, 5) is 0. The summed E-state index contributed by atoms with van der Waals surface area (Å²) < 4.78 is 39.0. The molecule has 0 aliphatic rings. The standard InChI is InChI=1S/4C2H3N.Ag.BF4/c4*1-2-3;;2-1(3,4)5/h4*1H3;;/q;;;;+1;-1. The molecule has 0 heterocycles. The second kappa shape index (κ2) is 45.1. The average Bonchev–Trinajstić information content (AvgIpc) is 2.04. The van der Waals surface area contributed by atoms with Gasteiger partial charge in [-0.1, -0.05) is 0 Å². The fourth-order valence-electron chi connectivity index (χ4n) is 0. The molecule has 0 aromatic carbocycles. The fourth-order valence-corrected chi connectivity index (χ4v) is 0. The van der Waals surface area contributed by atoms with Crippen LogP contribution < -0.4 is 0 Å². The smallest absolute Gasteiger partial charge is 0.418 e. The molecule has 0 aromatic heterocycles. The van der Waals surface area contributed by atoms with Gasteiger partial charge in [0.15, 0.2) is 0 Å². The van der Waals surface area contributed by atoms with Crippen LogP contribution in [-0.2, 0) is 22.4 Å². The van der Waals surface area contributed by atoms with Crippen LogP contribution in [-0.4, -0.2) is 7.25 Å². The molecular formula is C8H12AgBF4N4. The molecule has 0 saturated heterocycles. The second-order valence-electron chi connectivity index (χ2n) is 1.39. The van der Waals surface area contributed by atoms with E-state index in [9.17, 15) is 17.3 Å². The normalized spacial score (nSPS) is 5.11. The number of hydrogen-bond donors (Lipinski definition) is 0. The Morgan fingerprint density at radius 1 is 0.611 bits per heavy atom. The van der Waals surface area contributed by atoms with E-state index in [1.54, 1.807) is 24.3 Å². The Kier molecular flexibility index (Phi) is 90.1. The molecule has 0 spiro atoms. The second-order valence-corrected chi connectivity index (χ2v) is 1.39. The Morgan fingerprint density at radius 3 is 0.611 bits per heavy atom. The van der Waals surface area contributed by atoms with E-state index in [0.717, 1.165) is 0 Å². The third-order valence-corrected chi connectivity index (χ3v) is 0. The quantitative estimate of drug-likeness (QED) is 0.489. The van der Waals surface area contributed by atoms with Crippen molar-refractivity contribution in [1.82, 2.24) is 0 Å². The van der Waals surface area contributed by atoms with Gasteiger partial charge < -0.3 is 17.3 Å². The van der Waals surface area contributed by atoms with Crippen molar-refractivity contribution in [2.45, 2.75) is 27.7 Å². The molecule has 0 amide bonds. The van der Waals surface area contributed by atoms with Gasteiger partial charge in [0.05, 0.1) is 24.3 Å². The molecule has 0 atom stereocenters. The van der Waals surface area contributed by atoms with Gasteiger partial charge in [-0.2, -0.15) is 21.0 Å². The third kappa shape index (κ3) is 1150. The minimum atomic E-state index is -6.00. The van der Waals surface area contributed by atoms with Crippen molar-refractivity contribution >= 4 is 7.25 Å². The summed E-state index contributed by atoms with van der Waals surface area (Å²) >= 11 is 0. The Labute approximate surface area is 120 Å². The van der Waals surface area contributed by atoms with Gasteiger partial charge in [0, 0.05) is 27.7 Å². The first kappa shape index (κ1) is 36.0. The first-order valence-electron chi connectivity index (χ1n) is 3.77. The predicted molar refractivity (Wildman–Crippen MR) is 55.3 cm³/mol. The number of nitriles is 4. The maximum atomic E-state index is 9.75. The largest absolute Gasteiger partial charge is 1.00 e. The molecular weight excluding hydrogens is 347 g/mol. The summed E-state index contributed by atoms with van der Waals surface area (Å²) in [6.07, 6.45) is 0. The van der Waals surface area contributed by atoms with E-state index in [1.807, 2.05) is 0 Å². The number of hydrogen-bond acceptors (Lipinski definition) is 4. The van der Waals surface area contributed by atoms with Crippen LogP contribution >= 0.6 is 0 Å². The predicted octanol–water partition coefficient (Wildman–Crippen LogP) is 3.42. The van der Waals surface area contributed by atoms with Gasteiger partial charge in [-0.05, 0) is 0 Å². The monoisotopic (exact) mass is 358 g/mol. The topological polar surface area (TPSA) is 95.2 Å². The molecule has 0 fully saturated rings. The minimum Gasteiger partial charge on any atom is -0.418 e. The maximum absolute atomic E-state index is 9.75. The van der Waals surface area contributed by atoms with E-state index in [0.29, 0.717) is 0 Å². The maximum Gasteiger partial charge on any atom is 1.00 e. The molecule has 0 bridgehead atoms. The van der Waals surface area contributed by atoms with Crippen LogP contribution in [0.1, 0.15) is 27.7 Å². The van der Waals surface area contributed by atoms with Crippen molar-refractivity contribution in [2.24, 2.45) is 0 Å². The van der Waals surface area contributed by atoms with E-state index < -0.39 is 7.25 Å². The van der Waals surface area contributed by atoms with E-state index >= 15 is 0 Å². The molecule has 0 aliphatic carbocycles. The summed E-state index contributed by atoms with van der Waals surface area (Å²) in [5, 5.41) is 29.3. The van der Waals surface area contributed by atoms with Gasteiger partial charge in [-0.25, -0.2) is 0 Å². The Morgan fingerprint density at radius 2 is 0.611 bits per heavy atom. The van der Waals surface area contributed by atoms with Crippen molar-refractivity contribution in [3.8, 4) is 24.3 Å². The Hall–Kier alpha value is -1.51. The molecule has 0 aliphatic heterocycles. The number of halogens is 4. The zero-order chi connectivity index (χ0) is 15.3. The molecule has 0 saturated carbocycles. The SMILES string of the molecule is CC#N.CC#N.CC#N.CC#N.F[B-](F)(F)F.[Ag+]. The first-order valence-corrected chi connectivity index (χ1v) is 3.77. The molecule has 0 N–H and O–H groups in total. The van der Waals surface area contributed by atoms with Crippen molar-refractivity contribution in [3.05, 3.63) is 0 Å². The van der Waals surface area contributed by atoms with Gasteiger partial charge in [0.2, 0.25) is 0 Å². The molecule has 4 nitrogen and oxygen atoms in total. The molecule has 0 rings (SSSR count). The van der Waals surface area contributed by atoms with Crippen LogP contribution in [0.2, 0.25) is 0 Å². The van der Waals surface area contributed by atoms with E-state index in [1.165, 1.54) is 27.7 Å². The summed E-state index contributed by atoms with van der Waals surface area (Å²) in [5.74, 6) is 0.